The summed E-state index contributed by atoms with van der Waals surface area (Å²) < 4.78 is 2.22. The van der Waals surface area contributed by atoms with Gasteiger partial charge in [0.25, 0.3) is 0 Å². The minimum Gasteiger partial charge on any atom is -0.511 e. The Labute approximate surface area is 166 Å². The SMILES string of the molecule is CC=C(O)Cn1c(C)c(C)c2cncc(N3CCc4ccccc4C3)c21.Cl. The van der Waals surface area contributed by atoms with E-state index in [4.69, 9.17) is 0 Å². The fourth-order valence-electron chi connectivity index (χ4n) is 3.95. The van der Waals surface area contributed by atoms with Gasteiger partial charge >= 0.3 is 0 Å². The molecule has 0 fully saturated rings. The van der Waals surface area contributed by atoms with E-state index >= 15 is 0 Å². The first kappa shape index (κ1) is 19.3. The number of aliphatic hydroxyl groups is 1. The normalized spacial score (nSPS) is 14.2. The van der Waals surface area contributed by atoms with Gasteiger partial charge in [-0.2, -0.15) is 0 Å². The number of halogens is 1. The minimum absolute atomic E-state index is 0. The largest absolute Gasteiger partial charge is 0.511 e. The zero-order valence-electron chi connectivity index (χ0n) is 16.1. The zero-order chi connectivity index (χ0) is 18.3. The summed E-state index contributed by atoms with van der Waals surface area (Å²) in [6, 6.07) is 8.68. The number of hydrogen-bond donors (Lipinski definition) is 1. The van der Waals surface area contributed by atoms with Crippen LogP contribution in [-0.4, -0.2) is 21.2 Å². The highest BCUT2D eigenvalue weighted by atomic mass is 35.5. The van der Waals surface area contributed by atoms with Gasteiger partial charge < -0.3 is 14.6 Å². The molecule has 0 bridgehead atoms. The van der Waals surface area contributed by atoms with Gasteiger partial charge in [-0.1, -0.05) is 24.3 Å². The molecule has 0 aliphatic carbocycles. The average Bonchev–Trinajstić information content (AvgIpc) is 2.92. The molecule has 1 aromatic carbocycles. The summed E-state index contributed by atoms with van der Waals surface area (Å²) in [4.78, 5) is 6.94. The smallest absolute Gasteiger partial charge is 0.108 e. The Bertz CT molecular complexity index is 1010. The summed E-state index contributed by atoms with van der Waals surface area (Å²) in [6.07, 6.45) is 6.73. The first-order valence-corrected chi connectivity index (χ1v) is 9.19. The first-order chi connectivity index (χ1) is 12.6. The van der Waals surface area contributed by atoms with E-state index in [-0.39, 0.29) is 12.4 Å². The first-order valence-electron chi connectivity index (χ1n) is 9.19. The van der Waals surface area contributed by atoms with Gasteiger partial charge in [-0.05, 0) is 50.0 Å². The molecule has 0 amide bonds. The number of pyridine rings is 1. The lowest BCUT2D eigenvalue weighted by Crippen LogP contribution is -2.30. The van der Waals surface area contributed by atoms with E-state index in [0.29, 0.717) is 12.3 Å². The van der Waals surface area contributed by atoms with Crippen LogP contribution in [0.4, 0.5) is 5.69 Å². The third kappa shape index (κ3) is 3.30. The molecule has 0 atom stereocenters. The van der Waals surface area contributed by atoms with Crippen molar-refractivity contribution < 1.29 is 5.11 Å². The molecule has 27 heavy (non-hydrogen) atoms. The number of anilines is 1. The van der Waals surface area contributed by atoms with Crippen LogP contribution in [0.2, 0.25) is 0 Å². The summed E-state index contributed by atoms with van der Waals surface area (Å²) in [5.74, 6) is 0.386. The summed E-state index contributed by atoms with van der Waals surface area (Å²) in [5, 5.41) is 11.3. The molecule has 1 N–H and O–H groups in total. The molecule has 0 saturated carbocycles. The Hall–Kier alpha value is -2.46. The third-order valence-electron chi connectivity index (χ3n) is 5.64. The van der Waals surface area contributed by atoms with Crippen molar-refractivity contribution in [3.63, 3.8) is 0 Å². The molecule has 1 aliphatic heterocycles. The molecule has 0 radical (unpaired) electrons. The highest BCUT2D eigenvalue weighted by Gasteiger charge is 2.22. The fourth-order valence-corrected chi connectivity index (χ4v) is 3.95. The summed E-state index contributed by atoms with van der Waals surface area (Å²) in [5.41, 5.74) is 7.56. The summed E-state index contributed by atoms with van der Waals surface area (Å²) in [6.45, 7) is 8.50. The second kappa shape index (κ2) is 7.65. The predicted molar refractivity (Wildman–Crippen MR) is 114 cm³/mol. The molecule has 3 aromatic rings. The number of rotatable bonds is 3. The Morgan fingerprint density at radius 1 is 1.19 bits per heavy atom. The molecule has 5 heteroatoms. The van der Waals surface area contributed by atoms with Gasteiger partial charge in [0.2, 0.25) is 0 Å². The van der Waals surface area contributed by atoms with E-state index in [1.54, 1.807) is 6.08 Å². The molecule has 3 heterocycles. The number of aryl methyl sites for hydroxylation is 1. The van der Waals surface area contributed by atoms with Gasteiger partial charge in [0, 0.05) is 30.4 Å². The number of fused-ring (bicyclic) bond motifs is 2. The molecular weight excluding hydrogens is 358 g/mol. The second-order valence-electron chi connectivity index (χ2n) is 7.07. The summed E-state index contributed by atoms with van der Waals surface area (Å²) >= 11 is 0. The quantitative estimate of drug-likeness (QED) is 0.640. The maximum atomic E-state index is 10.1. The number of nitrogens with zero attached hydrogens (tertiary/aromatic N) is 3. The lowest BCUT2D eigenvalue weighted by molar-refractivity contribution is 0.375. The van der Waals surface area contributed by atoms with E-state index in [1.807, 2.05) is 19.3 Å². The second-order valence-corrected chi connectivity index (χ2v) is 7.07. The third-order valence-corrected chi connectivity index (χ3v) is 5.64. The molecule has 0 saturated heterocycles. The van der Waals surface area contributed by atoms with Crippen molar-refractivity contribution in [1.82, 2.24) is 9.55 Å². The van der Waals surface area contributed by atoms with Crippen LogP contribution < -0.4 is 4.90 Å². The van der Waals surface area contributed by atoms with Gasteiger partial charge in [-0.25, -0.2) is 0 Å². The number of hydrogen-bond acceptors (Lipinski definition) is 3. The van der Waals surface area contributed by atoms with Crippen molar-refractivity contribution in [2.24, 2.45) is 0 Å². The van der Waals surface area contributed by atoms with E-state index < -0.39 is 0 Å². The lowest BCUT2D eigenvalue weighted by atomic mass is 9.99. The van der Waals surface area contributed by atoms with E-state index in [2.05, 4.69) is 52.6 Å². The van der Waals surface area contributed by atoms with Gasteiger partial charge in [-0.3, -0.25) is 4.98 Å². The molecule has 4 rings (SSSR count). The number of benzene rings is 1. The van der Waals surface area contributed by atoms with Crippen LogP contribution in [0.1, 0.15) is 29.3 Å². The Kier molecular flexibility index (Phi) is 5.47. The van der Waals surface area contributed by atoms with Crippen LogP contribution in [0, 0.1) is 13.8 Å². The highest BCUT2D eigenvalue weighted by Crippen LogP contribution is 2.34. The predicted octanol–water partition coefficient (Wildman–Crippen LogP) is 5.10. The van der Waals surface area contributed by atoms with Crippen LogP contribution in [0.5, 0.6) is 0 Å². The Morgan fingerprint density at radius 2 is 1.93 bits per heavy atom. The van der Waals surface area contributed by atoms with Gasteiger partial charge in [0.15, 0.2) is 0 Å². The lowest BCUT2D eigenvalue weighted by Gasteiger charge is -2.31. The van der Waals surface area contributed by atoms with Crippen molar-refractivity contribution in [2.45, 2.75) is 40.3 Å². The van der Waals surface area contributed by atoms with E-state index in [9.17, 15) is 5.11 Å². The Balaban J connectivity index is 0.00000210. The van der Waals surface area contributed by atoms with Crippen molar-refractivity contribution >= 4 is 29.0 Å². The maximum absolute atomic E-state index is 10.1. The standard InChI is InChI=1S/C22H25N3O.ClH/c1-4-19(26)14-25-16(3)15(2)20-11-23-12-21(22(20)25)24-10-9-17-7-5-6-8-18(17)13-24;/h4-8,11-12,26H,9-10,13-14H2,1-3H3;1H. The van der Waals surface area contributed by atoms with E-state index in [0.717, 1.165) is 25.2 Å². The van der Waals surface area contributed by atoms with Crippen LogP contribution >= 0.6 is 12.4 Å². The number of aliphatic hydroxyl groups excluding tert-OH is 1. The highest BCUT2D eigenvalue weighted by molar-refractivity contribution is 5.94. The maximum Gasteiger partial charge on any atom is 0.108 e. The van der Waals surface area contributed by atoms with Gasteiger partial charge in [0.1, 0.15) is 5.76 Å². The molecule has 1 aliphatic rings. The van der Waals surface area contributed by atoms with Crippen molar-refractivity contribution in [3.05, 3.63) is 70.9 Å². The number of allylic oxidation sites excluding steroid dienone is 2. The van der Waals surface area contributed by atoms with Crippen molar-refractivity contribution in [2.75, 3.05) is 11.4 Å². The molecular formula is C22H26ClN3O. The van der Waals surface area contributed by atoms with Crippen LogP contribution in [0.15, 0.2) is 48.5 Å². The van der Waals surface area contributed by atoms with Crippen LogP contribution in [0.25, 0.3) is 10.9 Å². The molecule has 2 aromatic heterocycles. The topological polar surface area (TPSA) is 41.3 Å². The van der Waals surface area contributed by atoms with E-state index in [1.165, 1.54) is 33.3 Å². The van der Waals surface area contributed by atoms with Gasteiger partial charge in [0.05, 0.1) is 23.9 Å². The van der Waals surface area contributed by atoms with Crippen molar-refractivity contribution in [3.8, 4) is 0 Å². The fraction of sp³-hybridized carbons (Fsp3) is 0.318. The summed E-state index contributed by atoms with van der Waals surface area (Å²) in [7, 11) is 0. The monoisotopic (exact) mass is 383 g/mol. The molecule has 4 nitrogen and oxygen atoms in total. The average molecular weight is 384 g/mol. The van der Waals surface area contributed by atoms with Crippen molar-refractivity contribution in [1.29, 1.82) is 0 Å². The van der Waals surface area contributed by atoms with Gasteiger partial charge in [-0.15, -0.1) is 12.4 Å². The zero-order valence-corrected chi connectivity index (χ0v) is 16.9. The molecule has 0 unspecified atom stereocenters. The van der Waals surface area contributed by atoms with Crippen LogP contribution in [-0.2, 0) is 19.5 Å². The van der Waals surface area contributed by atoms with Crippen LogP contribution in [0.3, 0.4) is 0 Å². The molecule has 0 spiro atoms. The minimum atomic E-state index is 0. The Morgan fingerprint density at radius 3 is 2.67 bits per heavy atom. The molecule has 142 valence electrons. The number of aromatic nitrogens is 2.